The lowest BCUT2D eigenvalue weighted by molar-refractivity contribution is -0.0907. The Balaban J connectivity index is 0.000000449. The molecule has 17 nitrogen and oxygen atoms in total. The minimum absolute atomic E-state index is 0.00289. The molecule has 2 saturated heterocycles. The number of aliphatic hydroxyl groups is 1. The standard InChI is InChI=1S/C32H45N3O9S.C13H28N2O.C3H6ClNO/c1-32(2,13-6-7-14-33)20-35(45(38,39)23-10-11-27-28(17-23)43-21-42-27)18-26(36)25(16-22-8-4-3-5-9-22)34-31(37)44-29-19-41-30-24(29)12-15-40-30;1-11(2)13(3,4)9-7-8-10-14-12(16)15(5)6;1-5(2)3(4)6/h3-5,8-11,17,24-26,29-30,36H,6-7,12-16,18-21,33H2,1-2H3,(H,34,37);11H,7-10H2,1-6H3,(H,14,16);1-2H3/t24-,25-,26+,29-,30+;;/m0../s1. The van der Waals surface area contributed by atoms with Crippen molar-refractivity contribution < 1.29 is 51.6 Å². The minimum atomic E-state index is -4.11. The van der Waals surface area contributed by atoms with Crippen LogP contribution in [0.2, 0.25) is 0 Å². The number of nitrogens with two attached hydrogens (primary N) is 1. The van der Waals surface area contributed by atoms with Gasteiger partial charge >= 0.3 is 17.5 Å². The summed E-state index contributed by atoms with van der Waals surface area (Å²) in [5, 5.41) is 17.0. The summed E-state index contributed by atoms with van der Waals surface area (Å²) < 4.78 is 57.3. The van der Waals surface area contributed by atoms with Gasteiger partial charge in [0.25, 0.3) is 0 Å². The van der Waals surface area contributed by atoms with Crippen molar-refractivity contribution >= 4 is 39.1 Å². The molecule has 2 aromatic rings. The molecule has 5 atom stereocenters. The van der Waals surface area contributed by atoms with Crippen molar-refractivity contribution in [3.8, 4) is 11.5 Å². The van der Waals surface area contributed by atoms with Crippen LogP contribution in [0.5, 0.6) is 11.5 Å². The van der Waals surface area contributed by atoms with Crippen LogP contribution in [0.1, 0.15) is 92.1 Å². The number of halogens is 1. The van der Waals surface area contributed by atoms with Crippen molar-refractivity contribution in [3.05, 3.63) is 54.1 Å². The van der Waals surface area contributed by atoms with Crippen LogP contribution in [0.3, 0.4) is 0 Å². The van der Waals surface area contributed by atoms with Crippen LogP contribution in [0, 0.1) is 22.7 Å². The van der Waals surface area contributed by atoms with Gasteiger partial charge in [0, 0.05) is 53.9 Å². The number of benzene rings is 2. The molecule has 0 bridgehead atoms. The number of nitrogens with one attached hydrogen (secondary N) is 2. The summed E-state index contributed by atoms with van der Waals surface area (Å²) in [5.41, 5.74) is 6.55. The zero-order valence-corrected chi connectivity index (χ0v) is 43.0. The van der Waals surface area contributed by atoms with Gasteiger partial charge in [-0.15, -0.1) is 0 Å². The Kier molecular flexibility index (Phi) is 23.4. The number of urea groups is 1. The number of amides is 4. The van der Waals surface area contributed by atoms with Gasteiger partial charge in [0.15, 0.2) is 17.8 Å². The van der Waals surface area contributed by atoms with Gasteiger partial charge in [0.1, 0.15) is 6.10 Å². The molecule has 3 aliphatic heterocycles. The average Bonchev–Trinajstić information content (AvgIpc) is 4.03. The van der Waals surface area contributed by atoms with E-state index in [0.717, 1.165) is 44.2 Å². The Morgan fingerprint density at radius 1 is 0.925 bits per heavy atom. The van der Waals surface area contributed by atoms with E-state index in [2.05, 4.69) is 38.3 Å². The van der Waals surface area contributed by atoms with E-state index in [-0.39, 0.29) is 56.0 Å². The molecule has 4 amide bonds. The molecular formula is C48H79ClN6O11S. The number of hydrogen-bond donors (Lipinski definition) is 4. The van der Waals surface area contributed by atoms with Gasteiger partial charge in [0.05, 0.1) is 36.2 Å². The fourth-order valence-corrected chi connectivity index (χ4v) is 9.11. The number of nitrogens with zero attached hydrogens (tertiary/aromatic N) is 3. The predicted molar refractivity (Wildman–Crippen MR) is 260 cm³/mol. The van der Waals surface area contributed by atoms with Crippen LogP contribution < -0.4 is 25.8 Å². The maximum absolute atomic E-state index is 14.2. The summed E-state index contributed by atoms with van der Waals surface area (Å²) in [7, 11) is 2.60. The van der Waals surface area contributed by atoms with Crippen molar-refractivity contribution in [2.45, 2.75) is 122 Å². The van der Waals surface area contributed by atoms with Gasteiger partial charge in [-0.3, -0.25) is 4.79 Å². The number of aliphatic hydroxyl groups excluding tert-OH is 1. The van der Waals surface area contributed by atoms with E-state index in [9.17, 15) is 27.9 Å². The fourth-order valence-electron chi connectivity index (χ4n) is 7.44. The van der Waals surface area contributed by atoms with Gasteiger partial charge in [-0.05, 0) is 91.1 Å². The zero-order valence-electron chi connectivity index (χ0n) is 41.4. The molecule has 19 heteroatoms. The summed E-state index contributed by atoms with van der Waals surface area (Å²) >= 11 is 4.90. The quantitative estimate of drug-likeness (QED) is 0.0564. The van der Waals surface area contributed by atoms with Crippen molar-refractivity contribution in [1.29, 1.82) is 0 Å². The van der Waals surface area contributed by atoms with E-state index in [4.69, 9.17) is 41.0 Å². The Bertz CT molecular complexity index is 1940. The summed E-state index contributed by atoms with van der Waals surface area (Å²) in [6.07, 6.45) is 4.03. The Hall–Kier alpha value is -3.91. The highest BCUT2D eigenvalue weighted by Crippen LogP contribution is 2.37. The number of sulfonamides is 1. The molecule has 0 saturated carbocycles. The Morgan fingerprint density at radius 3 is 2.21 bits per heavy atom. The minimum Gasteiger partial charge on any atom is -0.454 e. The van der Waals surface area contributed by atoms with E-state index < -0.39 is 45.1 Å². The van der Waals surface area contributed by atoms with Crippen LogP contribution in [-0.4, -0.2) is 144 Å². The lowest BCUT2D eigenvalue weighted by atomic mass is 9.77. The third-order valence-corrected chi connectivity index (χ3v) is 14.6. The molecule has 5 rings (SSSR count). The van der Waals surface area contributed by atoms with Crippen molar-refractivity contribution in [2.75, 3.05) is 74.4 Å². The number of hydrogen-bond acceptors (Lipinski definition) is 12. The molecular weight excluding hydrogens is 904 g/mol. The summed E-state index contributed by atoms with van der Waals surface area (Å²) in [6.45, 7) is 15.2. The maximum atomic E-state index is 14.2. The SMILES string of the molecule is CC(C)(CCCCN)CN(C[C@@H](O)[C@H](Cc1ccccc1)NC(=O)O[C@H]1CO[C@H]2OCC[C@H]21)S(=O)(=O)c1ccc2c(c1)OCO2.CC(C)C(C)(C)CCCCNC(=O)N(C)C.CN(C)C(=O)Cl. The Labute approximate surface area is 404 Å². The van der Waals surface area contributed by atoms with E-state index in [1.54, 1.807) is 39.2 Å². The number of carbonyl (C=O) groups is 3. The summed E-state index contributed by atoms with van der Waals surface area (Å²) in [5.74, 6) is 1.48. The highest BCUT2D eigenvalue weighted by molar-refractivity contribution is 7.89. The highest BCUT2D eigenvalue weighted by atomic mass is 35.5. The molecule has 5 N–H and O–H groups in total. The first kappa shape index (κ1) is 57.4. The van der Waals surface area contributed by atoms with Gasteiger partial charge in [-0.1, -0.05) is 84.7 Å². The molecule has 0 aromatic heterocycles. The number of unbranched alkanes of at least 4 members (excludes halogenated alkanes) is 2. The molecule has 0 radical (unpaired) electrons. The van der Waals surface area contributed by atoms with E-state index >= 15 is 0 Å². The predicted octanol–water partition coefficient (Wildman–Crippen LogP) is 7.04. The van der Waals surface area contributed by atoms with Crippen LogP contribution in [0.25, 0.3) is 0 Å². The van der Waals surface area contributed by atoms with Crippen molar-refractivity contribution in [2.24, 2.45) is 28.4 Å². The molecule has 3 heterocycles. The first-order valence-corrected chi connectivity index (χ1v) is 25.1. The monoisotopic (exact) mass is 983 g/mol. The largest absolute Gasteiger partial charge is 0.454 e. The molecule has 2 fully saturated rings. The third-order valence-electron chi connectivity index (χ3n) is 12.4. The normalized spacial score (nSPS) is 18.5. The topological polar surface area (TPSA) is 212 Å². The second-order valence-electron chi connectivity index (χ2n) is 19.6. The van der Waals surface area contributed by atoms with Gasteiger partial charge in [-0.2, -0.15) is 4.31 Å². The number of fused-ring (bicyclic) bond motifs is 2. The van der Waals surface area contributed by atoms with E-state index in [0.29, 0.717) is 36.0 Å². The first-order chi connectivity index (χ1) is 31.5. The number of carbonyl (C=O) groups excluding carboxylic acids is 3. The summed E-state index contributed by atoms with van der Waals surface area (Å²) in [4.78, 5) is 37.1. The molecule has 0 unspecified atom stereocenters. The van der Waals surface area contributed by atoms with Crippen molar-refractivity contribution in [1.82, 2.24) is 24.7 Å². The highest BCUT2D eigenvalue weighted by Gasteiger charge is 2.44. The maximum Gasteiger partial charge on any atom is 0.407 e. The van der Waals surface area contributed by atoms with E-state index in [1.807, 2.05) is 44.2 Å². The molecule has 67 heavy (non-hydrogen) atoms. The molecule has 3 aliphatic rings. The zero-order chi connectivity index (χ0) is 50.0. The van der Waals surface area contributed by atoms with Crippen LogP contribution in [0.4, 0.5) is 14.4 Å². The lowest BCUT2D eigenvalue weighted by Gasteiger charge is -2.35. The van der Waals surface area contributed by atoms with Crippen LogP contribution >= 0.6 is 11.6 Å². The fraction of sp³-hybridized carbons (Fsp3) is 0.688. The van der Waals surface area contributed by atoms with Crippen LogP contribution in [-0.2, 0) is 30.7 Å². The lowest BCUT2D eigenvalue weighted by Crippen LogP contribution is -2.52. The van der Waals surface area contributed by atoms with Crippen molar-refractivity contribution in [3.63, 3.8) is 0 Å². The molecule has 2 aromatic carbocycles. The number of alkyl carbamates (subject to hydrolysis) is 1. The average molecular weight is 984 g/mol. The second kappa shape index (κ2) is 27.3. The van der Waals surface area contributed by atoms with Crippen LogP contribution in [0.15, 0.2) is 53.4 Å². The first-order valence-electron chi connectivity index (χ1n) is 23.3. The summed E-state index contributed by atoms with van der Waals surface area (Å²) in [6, 6.07) is 13.0. The van der Waals surface area contributed by atoms with Gasteiger partial charge in [0.2, 0.25) is 16.8 Å². The number of ether oxygens (including phenoxy) is 5. The Morgan fingerprint density at radius 2 is 1.58 bits per heavy atom. The molecule has 0 spiro atoms. The molecule has 380 valence electrons. The second-order valence-corrected chi connectivity index (χ2v) is 21.8. The van der Waals surface area contributed by atoms with Gasteiger partial charge in [-0.25, -0.2) is 18.0 Å². The number of rotatable bonds is 21. The van der Waals surface area contributed by atoms with E-state index in [1.165, 1.54) is 34.2 Å². The molecule has 0 aliphatic carbocycles. The van der Waals surface area contributed by atoms with Gasteiger partial charge < -0.3 is 55.0 Å². The smallest absolute Gasteiger partial charge is 0.407 e. The third kappa shape index (κ3) is 19.2.